The lowest BCUT2D eigenvalue weighted by molar-refractivity contribution is 0.0742. The lowest BCUT2D eigenvalue weighted by Gasteiger charge is -2.36. The van der Waals surface area contributed by atoms with Gasteiger partial charge in [0.15, 0.2) is 5.13 Å². The first-order valence-corrected chi connectivity index (χ1v) is 12.4. The highest BCUT2D eigenvalue weighted by Gasteiger charge is 2.25. The predicted octanol–water partition coefficient (Wildman–Crippen LogP) is 3.87. The molecule has 1 fully saturated rings. The molecule has 7 nitrogen and oxygen atoms in total. The number of aryl methyl sites for hydroxylation is 1. The van der Waals surface area contributed by atoms with Crippen molar-refractivity contribution in [3.63, 3.8) is 0 Å². The van der Waals surface area contributed by atoms with E-state index in [4.69, 9.17) is 11.6 Å². The van der Waals surface area contributed by atoms with Gasteiger partial charge in [-0.05, 0) is 31.2 Å². The zero-order valence-electron chi connectivity index (χ0n) is 16.8. The van der Waals surface area contributed by atoms with Crippen LogP contribution in [0, 0.1) is 6.92 Å². The average molecular weight is 477 g/mol. The summed E-state index contributed by atoms with van der Waals surface area (Å²) >= 11 is 7.36. The molecule has 3 aromatic rings. The number of nitrogens with one attached hydrogen (secondary N) is 1. The van der Waals surface area contributed by atoms with Gasteiger partial charge in [-0.15, -0.1) is 11.3 Å². The van der Waals surface area contributed by atoms with E-state index < -0.39 is 10.0 Å². The molecule has 1 aliphatic heterocycles. The number of hydrogen-bond donors (Lipinski definition) is 1. The van der Waals surface area contributed by atoms with E-state index >= 15 is 0 Å². The number of rotatable bonds is 5. The minimum Gasteiger partial charge on any atom is -0.367 e. The number of benzene rings is 2. The molecular formula is C21H21ClN4O3S2. The zero-order valence-corrected chi connectivity index (χ0v) is 19.2. The molecule has 2 aromatic carbocycles. The molecular weight excluding hydrogens is 456 g/mol. The van der Waals surface area contributed by atoms with E-state index in [1.54, 1.807) is 22.4 Å². The Morgan fingerprint density at radius 1 is 1.06 bits per heavy atom. The van der Waals surface area contributed by atoms with Crippen LogP contribution in [0.3, 0.4) is 0 Å². The van der Waals surface area contributed by atoms with E-state index in [1.165, 1.54) is 12.1 Å². The summed E-state index contributed by atoms with van der Waals surface area (Å²) in [5.74, 6) is -0.212. The van der Waals surface area contributed by atoms with Gasteiger partial charge in [-0.1, -0.05) is 41.4 Å². The van der Waals surface area contributed by atoms with Gasteiger partial charge in [-0.25, -0.2) is 13.4 Å². The van der Waals surface area contributed by atoms with Crippen LogP contribution in [-0.2, 0) is 10.0 Å². The summed E-state index contributed by atoms with van der Waals surface area (Å²) in [7, 11) is -3.76. The van der Waals surface area contributed by atoms with Gasteiger partial charge in [0.25, 0.3) is 15.9 Å². The summed E-state index contributed by atoms with van der Waals surface area (Å²) in [6, 6.07) is 14.2. The number of carbonyl (C=O) groups is 1. The fourth-order valence-electron chi connectivity index (χ4n) is 3.33. The molecule has 1 aliphatic rings. The molecule has 0 aliphatic carbocycles. The molecule has 1 saturated heterocycles. The van der Waals surface area contributed by atoms with Crippen molar-refractivity contribution in [3.05, 3.63) is 70.2 Å². The normalized spacial score (nSPS) is 14.5. The Morgan fingerprint density at radius 3 is 2.42 bits per heavy atom. The number of para-hydroxylation sites is 1. The molecule has 0 bridgehead atoms. The van der Waals surface area contributed by atoms with Crippen molar-refractivity contribution in [3.8, 4) is 0 Å². The van der Waals surface area contributed by atoms with Gasteiger partial charge in [0.1, 0.15) is 5.69 Å². The van der Waals surface area contributed by atoms with Crippen molar-refractivity contribution >= 4 is 49.7 Å². The second-order valence-electron chi connectivity index (χ2n) is 7.19. The van der Waals surface area contributed by atoms with Gasteiger partial charge in [-0.2, -0.15) is 0 Å². The molecule has 0 radical (unpaired) electrons. The fourth-order valence-corrected chi connectivity index (χ4v) is 5.52. The number of aromatic nitrogens is 1. The third-order valence-corrected chi connectivity index (χ3v) is 7.60. The molecule has 1 N–H and O–H groups in total. The lowest BCUT2D eigenvalue weighted by atomic mass is 10.2. The number of anilines is 2. The van der Waals surface area contributed by atoms with Crippen molar-refractivity contribution in [2.45, 2.75) is 11.8 Å². The monoisotopic (exact) mass is 476 g/mol. The van der Waals surface area contributed by atoms with Crippen molar-refractivity contribution < 1.29 is 13.2 Å². The summed E-state index contributed by atoms with van der Waals surface area (Å²) in [5, 5.41) is 2.43. The van der Waals surface area contributed by atoms with Gasteiger partial charge in [-0.3, -0.25) is 9.52 Å². The first-order valence-electron chi connectivity index (χ1n) is 9.67. The van der Waals surface area contributed by atoms with Gasteiger partial charge in [0.2, 0.25) is 0 Å². The van der Waals surface area contributed by atoms with Crippen molar-refractivity contribution in [2.75, 3.05) is 35.8 Å². The van der Waals surface area contributed by atoms with Gasteiger partial charge < -0.3 is 9.80 Å². The number of halogens is 1. The first-order chi connectivity index (χ1) is 14.8. The summed E-state index contributed by atoms with van der Waals surface area (Å²) in [6.45, 7) is 4.27. The number of thiazole rings is 1. The lowest BCUT2D eigenvalue weighted by Crippen LogP contribution is -2.49. The summed E-state index contributed by atoms with van der Waals surface area (Å²) < 4.78 is 27.5. The highest BCUT2D eigenvalue weighted by molar-refractivity contribution is 7.93. The largest absolute Gasteiger partial charge is 0.367 e. The number of amides is 1. The summed E-state index contributed by atoms with van der Waals surface area (Å²) in [5.41, 5.74) is 2.16. The zero-order chi connectivity index (χ0) is 22.0. The number of carbonyl (C=O) groups excluding carboxylic acids is 1. The highest BCUT2D eigenvalue weighted by atomic mass is 35.5. The quantitative estimate of drug-likeness (QED) is 0.604. The Kier molecular flexibility index (Phi) is 6.17. The molecule has 31 heavy (non-hydrogen) atoms. The van der Waals surface area contributed by atoms with E-state index in [0.717, 1.165) is 22.6 Å². The van der Waals surface area contributed by atoms with Crippen molar-refractivity contribution in [1.82, 2.24) is 9.88 Å². The van der Waals surface area contributed by atoms with Crippen molar-refractivity contribution in [1.29, 1.82) is 0 Å². The Labute approximate surface area is 190 Å². The maximum Gasteiger partial charge on any atom is 0.273 e. The van der Waals surface area contributed by atoms with Crippen molar-refractivity contribution in [2.24, 2.45) is 0 Å². The van der Waals surface area contributed by atoms with Crippen LogP contribution in [0.2, 0.25) is 5.02 Å². The molecule has 10 heteroatoms. The van der Waals surface area contributed by atoms with Crippen LogP contribution in [-0.4, -0.2) is 50.4 Å². The van der Waals surface area contributed by atoms with E-state index in [9.17, 15) is 13.2 Å². The Balaban J connectivity index is 1.40. The average Bonchev–Trinajstić information content (AvgIpc) is 3.22. The predicted molar refractivity (Wildman–Crippen MR) is 124 cm³/mol. The molecule has 1 amide bonds. The standard InChI is InChI=1S/C21H21ClN4O3S2/c1-15-6-8-16(9-7-15)31(28,29)24-21-23-18(14-30-21)20(27)26-12-10-25(11-13-26)19-5-3-2-4-17(19)22/h2-9,14H,10-13H2,1H3,(H,23,24). The highest BCUT2D eigenvalue weighted by Crippen LogP contribution is 2.27. The second-order valence-corrected chi connectivity index (χ2v) is 10.1. The number of sulfonamides is 1. The molecule has 0 unspecified atom stereocenters. The van der Waals surface area contributed by atoms with Crippen LogP contribution >= 0.6 is 22.9 Å². The number of nitrogens with zero attached hydrogens (tertiary/aromatic N) is 3. The SMILES string of the molecule is Cc1ccc(S(=O)(=O)Nc2nc(C(=O)N3CCN(c4ccccc4Cl)CC3)cs2)cc1. The number of piperazine rings is 1. The van der Waals surface area contributed by atoms with E-state index in [0.29, 0.717) is 31.2 Å². The van der Waals surface area contributed by atoms with Crippen LogP contribution in [0.15, 0.2) is 58.8 Å². The molecule has 4 rings (SSSR count). The Morgan fingerprint density at radius 2 is 1.74 bits per heavy atom. The smallest absolute Gasteiger partial charge is 0.273 e. The molecule has 162 valence electrons. The Hall–Kier alpha value is -2.62. The molecule has 2 heterocycles. The van der Waals surface area contributed by atoms with E-state index in [1.807, 2.05) is 31.2 Å². The van der Waals surface area contributed by atoms with E-state index in [-0.39, 0.29) is 21.6 Å². The maximum atomic E-state index is 12.8. The summed E-state index contributed by atoms with van der Waals surface area (Å²) in [6.07, 6.45) is 0. The minimum atomic E-state index is -3.76. The molecule has 0 spiro atoms. The Bertz CT molecular complexity index is 1190. The van der Waals surface area contributed by atoms with Gasteiger partial charge in [0.05, 0.1) is 15.6 Å². The van der Waals surface area contributed by atoms with Crippen LogP contribution in [0.4, 0.5) is 10.8 Å². The second kappa shape index (κ2) is 8.86. The third kappa shape index (κ3) is 4.84. The van der Waals surface area contributed by atoms with Crippen LogP contribution < -0.4 is 9.62 Å². The minimum absolute atomic E-state index is 0.150. The van der Waals surface area contributed by atoms with Gasteiger partial charge >= 0.3 is 0 Å². The summed E-state index contributed by atoms with van der Waals surface area (Å²) in [4.78, 5) is 21.1. The maximum absolute atomic E-state index is 12.8. The van der Waals surface area contributed by atoms with Crippen LogP contribution in [0.5, 0.6) is 0 Å². The third-order valence-electron chi connectivity index (χ3n) is 5.04. The first kappa shape index (κ1) is 21.6. The van der Waals surface area contributed by atoms with Gasteiger partial charge in [0, 0.05) is 31.6 Å². The number of hydrogen-bond acceptors (Lipinski definition) is 6. The van der Waals surface area contributed by atoms with Crippen LogP contribution in [0.25, 0.3) is 0 Å². The van der Waals surface area contributed by atoms with Crippen LogP contribution in [0.1, 0.15) is 16.1 Å². The topological polar surface area (TPSA) is 82.6 Å². The molecule has 1 aromatic heterocycles. The fraction of sp³-hybridized carbons (Fsp3) is 0.238. The molecule has 0 atom stereocenters. The van der Waals surface area contributed by atoms with E-state index in [2.05, 4.69) is 14.6 Å². The molecule has 0 saturated carbocycles.